The number of nitriles is 2. The topological polar surface area (TPSA) is 157 Å². The molecule has 0 unspecified atom stereocenters. The zero-order valence-corrected chi connectivity index (χ0v) is 18.5. The smallest absolute Gasteiger partial charge is 0.271 e. The third-order valence-electron chi connectivity index (χ3n) is 4.62. The molecule has 174 valence electrons. The lowest BCUT2D eigenvalue weighted by molar-refractivity contribution is -0.118. The first kappa shape index (κ1) is 24.3. The molecule has 0 bridgehead atoms. The Hall–Kier alpha value is -5.35. The van der Waals surface area contributed by atoms with Gasteiger partial charge in [-0.15, -0.1) is 0 Å². The van der Waals surface area contributed by atoms with E-state index in [2.05, 4.69) is 15.8 Å². The number of phenolic OH excluding ortho intramolecular Hbond substituents is 1. The van der Waals surface area contributed by atoms with Crippen molar-refractivity contribution in [1.29, 1.82) is 10.5 Å². The number of carbonyl (C=O) groups is 2. The summed E-state index contributed by atoms with van der Waals surface area (Å²) in [5.74, 6) is -0.324. The van der Waals surface area contributed by atoms with Gasteiger partial charge in [-0.25, -0.2) is 5.43 Å². The van der Waals surface area contributed by atoms with Gasteiger partial charge in [0.25, 0.3) is 11.8 Å². The molecule has 2 amide bonds. The van der Waals surface area contributed by atoms with Crippen LogP contribution in [0.15, 0.2) is 65.8 Å². The van der Waals surface area contributed by atoms with E-state index >= 15 is 0 Å². The third kappa shape index (κ3) is 6.57. The average molecular weight is 469 g/mol. The minimum Gasteiger partial charge on any atom is -0.507 e. The Bertz CT molecular complexity index is 1350. The molecule has 0 atom stereocenters. The van der Waals surface area contributed by atoms with E-state index in [0.717, 1.165) is 0 Å². The number of nitrogens with zero attached hydrogens (tertiary/aromatic N) is 3. The summed E-state index contributed by atoms with van der Waals surface area (Å²) in [5.41, 5.74) is 3.95. The Balaban J connectivity index is 1.58. The Kier molecular flexibility index (Phi) is 7.98. The highest BCUT2D eigenvalue weighted by molar-refractivity contribution is 5.96. The second kappa shape index (κ2) is 11.5. The number of nitrogens with one attached hydrogen (secondary N) is 2. The highest BCUT2D eigenvalue weighted by Crippen LogP contribution is 2.22. The Morgan fingerprint density at radius 2 is 1.83 bits per heavy atom. The van der Waals surface area contributed by atoms with Crippen LogP contribution in [0, 0.1) is 22.7 Å². The number of methoxy groups -OCH3 is 1. The van der Waals surface area contributed by atoms with E-state index in [9.17, 15) is 14.7 Å². The number of carbonyl (C=O) groups excluding carboxylic acids is 2. The predicted octanol–water partition coefficient (Wildman–Crippen LogP) is 2.93. The monoisotopic (exact) mass is 469 g/mol. The molecule has 0 radical (unpaired) electrons. The van der Waals surface area contributed by atoms with Gasteiger partial charge in [0.05, 0.1) is 30.5 Å². The average Bonchev–Trinajstić information content (AvgIpc) is 2.88. The highest BCUT2D eigenvalue weighted by Gasteiger charge is 2.10. The molecule has 0 aliphatic rings. The van der Waals surface area contributed by atoms with Crippen LogP contribution in [0.25, 0.3) is 0 Å². The fourth-order valence-corrected chi connectivity index (χ4v) is 2.86. The standard InChI is InChI=1S/C25H19N5O5/c1-34-23-11-20(29-24(32)15-35-21-7-2-16(12-26)3-8-21)6-4-18(23)14-28-30-25(33)17-5-9-22(31)19(10-17)13-27/h2-11,14,31H,15H2,1H3,(H,29,32)(H,30,33)/b28-14+. The van der Waals surface area contributed by atoms with Crippen molar-refractivity contribution < 1.29 is 24.2 Å². The quantitative estimate of drug-likeness (QED) is 0.338. The molecular formula is C25H19N5O5. The first-order chi connectivity index (χ1) is 16.9. The van der Waals surface area contributed by atoms with Gasteiger partial charge in [-0.2, -0.15) is 15.6 Å². The van der Waals surface area contributed by atoms with Crippen molar-refractivity contribution in [2.24, 2.45) is 5.10 Å². The van der Waals surface area contributed by atoms with Crippen LogP contribution in [-0.4, -0.2) is 36.9 Å². The summed E-state index contributed by atoms with van der Waals surface area (Å²) in [5, 5.41) is 33.9. The molecule has 0 saturated heterocycles. The van der Waals surface area contributed by atoms with E-state index in [0.29, 0.717) is 28.3 Å². The number of ether oxygens (including phenoxy) is 2. The Labute approximate surface area is 200 Å². The molecule has 10 heteroatoms. The van der Waals surface area contributed by atoms with Crippen molar-refractivity contribution in [3.05, 3.63) is 82.9 Å². The van der Waals surface area contributed by atoms with Crippen LogP contribution in [0.1, 0.15) is 27.0 Å². The van der Waals surface area contributed by atoms with Gasteiger partial charge in [-0.1, -0.05) is 0 Å². The van der Waals surface area contributed by atoms with E-state index in [1.165, 1.54) is 31.5 Å². The van der Waals surface area contributed by atoms with Crippen molar-refractivity contribution in [3.8, 4) is 29.4 Å². The molecular weight excluding hydrogens is 450 g/mol. The number of aromatic hydroxyl groups is 1. The summed E-state index contributed by atoms with van der Waals surface area (Å²) in [6, 6.07) is 18.9. The summed E-state index contributed by atoms with van der Waals surface area (Å²) in [6.07, 6.45) is 1.36. The second-order valence-corrected chi connectivity index (χ2v) is 6.97. The fraction of sp³-hybridized carbons (Fsp3) is 0.0800. The summed E-state index contributed by atoms with van der Waals surface area (Å²) in [6.45, 7) is -0.228. The van der Waals surface area contributed by atoms with Crippen molar-refractivity contribution >= 4 is 23.7 Å². The minimum atomic E-state index is -0.567. The molecule has 0 fully saturated rings. The first-order valence-electron chi connectivity index (χ1n) is 10.1. The molecule has 0 aromatic heterocycles. The molecule has 0 aliphatic heterocycles. The number of phenols is 1. The van der Waals surface area contributed by atoms with E-state index in [1.807, 2.05) is 6.07 Å². The lowest BCUT2D eigenvalue weighted by Gasteiger charge is -2.10. The Morgan fingerprint density at radius 3 is 2.51 bits per heavy atom. The molecule has 35 heavy (non-hydrogen) atoms. The zero-order chi connectivity index (χ0) is 25.2. The predicted molar refractivity (Wildman–Crippen MR) is 126 cm³/mol. The summed E-state index contributed by atoms with van der Waals surface area (Å²) in [7, 11) is 1.45. The maximum Gasteiger partial charge on any atom is 0.271 e. The third-order valence-corrected chi connectivity index (χ3v) is 4.62. The number of anilines is 1. The number of hydrogen-bond acceptors (Lipinski definition) is 8. The van der Waals surface area contributed by atoms with E-state index in [1.54, 1.807) is 48.5 Å². The number of benzene rings is 3. The van der Waals surface area contributed by atoms with Crippen LogP contribution in [0.4, 0.5) is 5.69 Å². The van der Waals surface area contributed by atoms with Gasteiger partial charge in [0, 0.05) is 22.9 Å². The fourth-order valence-electron chi connectivity index (χ4n) is 2.86. The second-order valence-electron chi connectivity index (χ2n) is 6.97. The van der Waals surface area contributed by atoms with Crippen LogP contribution in [0.5, 0.6) is 17.2 Å². The van der Waals surface area contributed by atoms with E-state index < -0.39 is 11.8 Å². The van der Waals surface area contributed by atoms with Crippen LogP contribution < -0.4 is 20.2 Å². The SMILES string of the molecule is COc1cc(NC(=O)COc2ccc(C#N)cc2)ccc1/C=N/NC(=O)c1ccc(O)c(C#N)c1. The lowest BCUT2D eigenvalue weighted by Crippen LogP contribution is -2.20. The molecule has 3 aromatic rings. The van der Waals surface area contributed by atoms with Gasteiger partial charge in [0.15, 0.2) is 6.61 Å². The van der Waals surface area contributed by atoms with Crippen LogP contribution in [0.2, 0.25) is 0 Å². The van der Waals surface area contributed by atoms with Crippen molar-refractivity contribution in [2.75, 3.05) is 19.0 Å². The number of amides is 2. The van der Waals surface area contributed by atoms with E-state index in [-0.39, 0.29) is 23.5 Å². The van der Waals surface area contributed by atoms with Gasteiger partial charge < -0.3 is 19.9 Å². The van der Waals surface area contributed by atoms with Crippen LogP contribution in [-0.2, 0) is 4.79 Å². The lowest BCUT2D eigenvalue weighted by atomic mass is 10.1. The zero-order valence-electron chi connectivity index (χ0n) is 18.5. The van der Waals surface area contributed by atoms with Gasteiger partial charge in [0.2, 0.25) is 0 Å². The highest BCUT2D eigenvalue weighted by atomic mass is 16.5. The maximum atomic E-state index is 12.2. The molecule has 10 nitrogen and oxygen atoms in total. The first-order valence-corrected chi connectivity index (χ1v) is 10.1. The maximum absolute atomic E-state index is 12.2. The van der Waals surface area contributed by atoms with Gasteiger partial charge in [-0.05, 0) is 54.6 Å². The largest absolute Gasteiger partial charge is 0.507 e. The van der Waals surface area contributed by atoms with Gasteiger partial charge in [0.1, 0.15) is 23.3 Å². The number of hydrazone groups is 1. The molecule has 3 aromatic carbocycles. The van der Waals surface area contributed by atoms with Gasteiger partial charge in [-0.3, -0.25) is 9.59 Å². The number of rotatable bonds is 8. The summed E-state index contributed by atoms with van der Waals surface area (Å²) in [4.78, 5) is 24.4. The van der Waals surface area contributed by atoms with Crippen LogP contribution >= 0.6 is 0 Å². The summed E-state index contributed by atoms with van der Waals surface area (Å²) < 4.78 is 10.7. The molecule has 3 N–H and O–H groups in total. The van der Waals surface area contributed by atoms with Crippen molar-refractivity contribution in [3.63, 3.8) is 0 Å². The molecule has 0 spiro atoms. The molecule has 3 rings (SSSR count). The Morgan fingerprint density at radius 1 is 1.06 bits per heavy atom. The number of hydrogen-bond donors (Lipinski definition) is 3. The molecule has 0 aliphatic carbocycles. The molecule has 0 saturated carbocycles. The van der Waals surface area contributed by atoms with Gasteiger partial charge >= 0.3 is 0 Å². The normalized spacial score (nSPS) is 10.1. The van der Waals surface area contributed by atoms with Crippen LogP contribution in [0.3, 0.4) is 0 Å². The van der Waals surface area contributed by atoms with E-state index in [4.69, 9.17) is 20.0 Å². The minimum absolute atomic E-state index is 0.0248. The van der Waals surface area contributed by atoms with Crippen molar-refractivity contribution in [2.45, 2.75) is 0 Å². The summed E-state index contributed by atoms with van der Waals surface area (Å²) >= 11 is 0. The van der Waals surface area contributed by atoms with Crippen molar-refractivity contribution in [1.82, 2.24) is 5.43 Å². The molecule has 0 heterocycles.